The Labute approximate surface area is 140 Å². The molecule has 3 N–H and O–H groups in total. The SMILES string of the molecule is CCOc1ccc(NC(=O)NCC(C)(O)c2ccsc2)cc1C. The van der Waals surface area contributed by atoms with Crippen molar-refractivity contribution in [3.8, 4) is 5.75 Å². The molecule has 5 nitrogen and oxygen atoms in total. The summed E-state index contributed by atoms with van der Waals surface area (Å²) in [5, 5.41) is 19.6. The molecule has 1 unspecified atom stereocenters. The number of rotatable bonds is 6. The number of aliphatic hydroxyl groups is 1. The lowest BCUT2D eigenvalue weighted by Crippen LogP contribution is -2.40. The van der Waals surface area contributed by atoms with Gasteiger partial charge in [-0.25, -0.2) is 4.79 Å². The highest BCUT2D eigenvalue weighted by atomic mass is 32.1. The van der Waals surface area contributed by atoms with Crippen molar-refractivity contribution in [2.45, 2.75) is 26.4 Å². The summed E-state index contributed by atoms with van der Waals surface area (Å²) >= 11 is 1.51. The van der Waals surface area contributed by atoms with Gasteiger partial charge in [-0.05, 0) is 66.9 Å². The zero-order valence-corrected chi connectivity index (χ0v) is 14.4. The van der Waals surface area contributed by atoms with Crippen LogP contribution >= 0.6 is 11.3 Å². The van der Waals surface area contributed by atoms with Crippen LogP contribution in [-0.2, 0) is 5.60 Å². The molecule has 2 amide bonds. The van der Waals surface area contributed by atoms with Crippen molar-refractivity contribution in [1.82, 2.24) is 5.32 Å². The first-order valence-electron chi connectivity index (χ1n) is 7.45. The summed E-state index contributed by atoms with van der Waals surface area (Å²) in [6, 6.07) is 6.95. The molecule has 1 heterocycles. The van der Waals surface area contributed by atoms with Crippen LogP contribution in [0.1, 0.15) is 25.0 Å². The van der Waals surface area contributed by atoms with Gasteiger partial charge in [0.05, 0.1) is 13.2 Å². The fraction of sp³-hybridized carbons (Fsp3) is 0.353. The van der Waals surface area contributed by atoms with Crippen molar-refractivity contribution >= 4 is 23.1 Å². The van der Waals surface area contributed by atoms with Gasteiger partial charge < -0.3 is 20.5 Å². The molecule has 0 aliphatic carbocycles. The molecule has 1 atom stereocenters. The molecule has 0 saturated heterocycles. The van der Waals surface area contributed by atoms with Gasteiger partial charge in [0.2, 0.25) is 0 Å². The highest BCUT2D eigenvalue weighted by molar-refractivity contribution is 7.08. The van der Waals surface area contributed by atoms with Crippen LogP contribution in [-0.4, -0.2) is 24.3 Å². The number of carbonyl (C=O) groups excluding carboxylic acids is 1. The van der Waals surface area contributed by atoms with Crippen LogP contribution in [0.3, 0.4) is 0 Å². The Bertz CT molecular complexity index is 654. The average molecular weight is 334 g/mol. The quantitative estimate of drug-likeness (QED) is 0.757. The van der Waals surface area contributed by atoms with Crippen LogP contribution in [0.2, 0.25) is 0 Å². The number of ether oxygens (including phenoxy) is 1. The summed E-state index contributed by atoms with van der Waals surface area (Å²) in [7, 11) is 0. The molecule has 0 spiro atoms. The van der Waals surface area contributed by atoms with Crippen LogP contribution in [0.4, 0.5) is 10.5 Å². The van der Waals surface area contributed by atoms with Gasteiger partial charge in [-0.2, -0.15) is 11.3 Å². The Balaban J connectivity index is 1.91. The van der Waals surface area contributed by atoms with Crippen LogP contribution < -0.4 is 15.4 Å². The van der Waals surface area contributed by atoms with Crippen LogP contribution in [0.5, 0.6) is 5.75 Å². The standard InChI is InChI=1S/C17H22N2O3S/c1-4-22-15-6-5-14(9-12(15)2)19-16(20)18-11-17(3,21)13-7-8-23-10-13/h5-10,21H,4,11H2,1-3H3,(H2,18,19,20). The third kappa shape index (κ3) is 4.71. The van der Waals surface area contributed by atoms with E-state index >= 15 is 0 Å². The number of aryl methyl sites for hydroxylation is 1. The van der Waals surface area contributed by atoms with Gasteiger partial charge in [0, 0.05) is 5.69 Å². The number of nitrogens with one attached hydrogen (secondary N) is 2. The second kappa shape index (κ2) is 7.48. The average Bonchev–Trinajstić information content (AvgIpc) is 3.03. The van der Waals surface area contributed by atoms with Crippen molar-refractivity contribution < 1.29 is 14.6 Å². The molecular formula is C17H22N2O3S. The monoisotopic (exact) mass is 334 g/mol. The van der Waals surface area contributed by atoms with Gasteiger partial charge in [-0.3, -0.25) is 0 Å². The normalized spacial score (nSPS) is 13.2. The Morgan fingerprint density at radius 3 is 2.78 bits per heavy atom. The molecule has 0 fully saturated rings. The summed E-state index contributed by atoms with van der Waals surface area (Å²) in [4.78, 5) is 12.0. The van der Waals surface area contributed by atoms with E-state index in [1.807, 2.05) is 42.8 Å². The third-order valence-electron chi connectivity index (χ3n) is 3.47. The Morgan fingerprint density at radius 2 is 2.17 bits per heavy atom. The lowest BCUT2D eigenvalue weighted by molar-refractivity contribution is 0.0604. The molecule has 2 rings (SSSR count). The van der Waals surface area contributed by atoms with Crippen molar-refractivity contribution in [3.05, 3.63) is 46.2 Å². The largest absolute Gasteiger partial charge is 0.494 e. The number of amides is 2. The van der Waals surface area contributed by atoms with Gasteiger partial charge in [0.15, 0.2) is 0 Å². The first kappa shape index (κ1) is 17.3. The molecule has 0 aliphatic heterocycles. The zero-order chi connectivity index (χ0) is 16.9. The fourth-order valence-electron chi connectivity index (χ4n) is 2.15. The summed E-state index contributed by atoms with van der Waals surface area (Å²) in [5.74, 6) is 0.804. The molecule has 0 saturated carbocycles. The van der Waals surface area contributed by atoms with E-state index in [9.17, 15) is 9.90 Å². The number of thiophene rings is 1. The molecule has 0 radical (unpaired) electrons. The van der Waals surface area contributed by atoms with Crippen LogP contribution in [0.25, 0.3) is 0 Å². The first-order valence-corrected chi connectivity index (χ1v) is 8.40. The van der Waals surface area contributed by atoms with Crippen LogP contribution in [0.15, 0.2) is 35.0 Å². The molecular weight excluding hydrogens is 312 g/mol. The molecule has 6 heteroatoms. The van der Waals surface area contributed by atoms with Gasteiger partial charge >= 0.3 is 6.03 Å². The molecule has 1 aromatic heterocycles. The maximum Gasteiger partial charge on any atom is 0.319 e. The molecule has 0 aliphatic rings. The molecule has 23 heavy (non-hydrogen) atoms. The second-order valence-electron chi connectivity index (χ2n) is 5.51. The fourth-order valence-corrected chi connectivity index (χ4v) is 2.93. The van der Waals surface area contributed by atoms with E-state index in [1.54, 1.807) is 13.0 Å². The van der Waals surface area contributed by atoms with E-state index in [0.717, 1.165) is 16.9 Å². The van der Waals surface area contributed by atoms with Gasteiger partial charge in [0.25, 0.3) is 0 Å². The highest BCUT2D eigenvalue weighted by Crippen LogP contribution is 2.23. The number of anilines is 1. The van der Waals surface area contributed by atoms with Gasteiger partial charge in [-0.15, -0.1) is 0 Å². The van der Waals surface area contributed by atoms with E-state index in [4.69, 9.17) is 4.74 Å². The highest BCUT2D eigenvalue weighted by Gasteiger charge is 2.24. The van der Waals surface area contributed by atoms with Gasteiger partial charge in [-0.1, -0.05) is 0 Å². The summed E-state index contributed by atoms with van der Waals surface area (Å²) in [5.41, 5.74) is 1.33. The number of carbonyl (C=O) groups is 1. The van der Waals surface area contributed by atoms with Crippen molar-refractivity contribution in [2.24, 2.45) is 0 Å². The van der Waals surface area contributed by atoms with Crippen molar-refractivity contribution in [3.63, 3.8) is 0 Å². The molecule has 0 bridgehead atoms. The lowest BCUT2D eigenvalue weighted by Gasteiger charge is -2.23. The van der Waals surface area contributed by atoms with E-state index in [-0.39, 0.29) is 12.6 Å². The Morgan fingerprint density at radius 1 is 1.39 bits per heavy atom. The summed E-state index contributed by atoms with van der Waals surface area (Å²) < 4.78 is 5.47. The summed E-state index contributed by atoms with van der Waals surface area (Å²) in [6.45, 7) is 6.27. The predicted molar refractivity (Wildman–Crippen MR) is 93.3 cm³/mol. The smallest absolute Gasteiger partial charge is 0.319 e. The minimum atomic E-state index is -1.09. The molecule has 2 aromatic rings. The second-order valence-corrected chi connectivity index (χ2v) is 6.29. The maximum atomic E-state index is 12.0. The van der Waals surface area contributed by atoms with E-state index < -0.39 is 5.60 Å². The maximum absolute atomic E-state index is 12.0. The van der Waals surface area contributed by atoms with E-state index in [2.05, 4.69) is 10.6 Å². The zero-order valence-electron chi connectivity index (χ0n) is 13.6. The van der Waals surface area contributed by atoms with Gasteiger partial charge in [0.1, 0.15) is 11.4 Å². The van der Waals surface area contributed by atoms with E-state index in [1.165, 1.54) is 11.3 Å². The van der Waals surface area contributed by atoms with Crippen molar-refractivity contribution in [1.29, 1.82) is 0 Å². The Kier molecular flexibility index (Phi) is 5.63. The third-order valence-corrected chi connectivity index (χ3v) is 4.15. The lowest BCUT2D eigenvalue weighted by atomic mass is 9.99. The predicted octanol–water partition coefficient (Wildman–Crippen LogP) is 3.48. The topological polar surface area (TPSA) is 70.6 Å². The van der Waals surface area contributed by atoms with Crippen LogP contribution in [0, 0.1) is 6.92 Å². The Hall–Kier alpha value is -2.05. The minimum absolute atomic E-state index is 0.131. The number of hydrogen-bond acceptors (Lipinski definition) is 4. The molecule has 124 valence electrons. The molecule has 1 aromatic carbocycles. The number of urea groups is 1. The van der Waals surface area contributed by atoms with E-state index in [0.29, 0.717) is 12.3 Å². The first-order chi connectivity index (χ1) is 10.9. The number of benzene rings is 1. The summed E-state index contributed by atoms with van der Waals surface area (Å²) in [6.07, 6.45) is 0. The number of hydrogen-bond donors (Lipinski definition) is 3. The van der Waals surface area contributed by atoms with Crippen molar-refractivity contribution in [2.75, 3.05) is 18.5 Å². The minimum Gasteiger partial charge on any atom is -0.494 e.